The van der Waals surface area contributed by atoms with Crippen LogP contribution in [-0.2, 0) is 6.54 Å². The van der Waals surface area contributed by atoms with Gasteiger partial charge in [-0.1, -0.05) is 0 Å². The molecule has 170 valence electrons. The molecule has 6 nitrogen and oxygen atoms in total. The van der Waals surface area contributed by atoms with E-state index in [1.165, 1.54) is 11.3 Å². The molecule has 0 saturated carbocycles. The van der Waals surface area contributed by atoms with Crippen LogP contribution in [-0.4, -0.2) is 39.5 Å². The first kappa shape index (κ1) is 23.7. The van der Waals surface area contributed by atoms with Crippen LogP contribution < -0.4 is 10.9 Å². The standard InChI is InChI=1S/C24H35N3O3S/c1-14-11-15(2)26-23(30)18(14)12-25-22(29)19-13-31-21(16(19)3)20(28)17-7-9-27(10-8-17)24(4,5)6/h11,13,17,20,28H,7-10,12H2,1-6H3,(H,25,29)(H,26,30). The minimum Gasteiger partial charge on any atom is -0.387 e. The van der Waals surface area contributed by atoms with E-state index in [0.29, 0.717) is 11.1 Å². The summed E-state index contributed by atoms with van der Waals surface area (Å²) in [5.41, 5.74) is 3.63. The first-order valence-corrected chi connectivity index (χ1v) is 11.9. The van der Waals surface area contributed by atoms with Crippen molar-refractivity contribution in [3.63, 3.8) is 0 Å². The lowest BCUT2D eigenvalue weighted by Crippen LogP contribution is -2.46. The molecule has 31 heavy (non-hydrogen) atoms. The van der Waals surface area contributed by atoms with Gasteiger partial charge in [0, 0.05) is 33.6 Å². The maximum absolute atomic E-state index is 12.8. The largest absolute Gasteiger partial charge is 0.387 e. The van der Waals surface area contributed by atoms with Crippen LogP contribution >= 0.6 is 11.3 Å². The maximum atomic E-state index is 12.8. The van der Waals surface area contributed by atoms with E-state index in [0.717, 1.165) is 47.6 Å². The van der Waals surface area contributed by atoms with Crippen molar-refractivity contribution in [2.24, 2.45) is 5.92 Å². The molecule has 3 rings (SSSR count). The summed E-state index contributed by atoms with van der Waals surface area (Å²) in [5, 5.41) is 15.7. The Kier molecular flexibility index (Phi) is 7.08. The van der Waals surface area contributed by atoms with E-state index in [1.807, 2.05) is 32.2 Å². The van der Waals surface area contributed by atoms with Crippen molar-refractivity contribution in [1.82, 2.24) is 15.2 Å². The summed E-state index contributed by atoms with van der Waals surface area (Å²) in [6, 6.07) is 1.90. The van der Waals surface area contributed by atoms with Gasteiger partial charge in [0.05, 0.1) is 11.7 Å². The molecule has 0 radical (unpaired) electrons. The van der Waals surface area contributed by atoms with Crippen LogP contribution in [0.5, 0.6) is 0 Å². The van der Waals surface area contributed by atoms with Crippen LogP contribution in [0.4, 0.5) is 0 Å². The fourth-order valence-electron chi connectivity index (χ4n) is 4.41. The fourth-order valence-corrected chi connectivity index (χ4v) is 5.56. The number of pyridine rings is 1. The normalized spacial score (nSPS) is 17.0. The van der Waals surface area contributed by atoms with E-state index in [9.17, 15) is 14.7 Å². The van der Waals surface area contributed by atoms with E-state index >= 15 is 0 Å². The molecule has 1 aliphatic rings. The Hall–Kier alpha value is -1.96. The molecule has 0 aliphatic carbocycles. The van der Waals surface area contributed by atoms with Gasteiger partial charge in [0.2, 0.25) is 0 Å². The minimum atomic E-state index is -0.546. The molecule has 1 atom stereocenters. The second kappa shape index (κ2) is 9.27. The summed E-state index contributed by atoms with van der Waals surface area (Å²) in [6.07, 6.45) is 1.36. The van der Waals surface area contributed by atoms with Crippen molar-refractivity contribution in [3.05, 3.63) is 54.6 Å². The number of piperidine rings is 1. The molecule has 0 bridgehead atoms. The second-order valence-electron chi connectivity index (χ2n) is 9.70. The number of aliphatic hydroxyl groups is 1. The van der Waals surface area contributed by atoms with Gasteiger partial charge >= 0.3 is 0 Å². The number of carbonyl (C=O) groups excluding carboxylic acids is 1. The first-order valence-electron chi connectivity index (χ1n) is 11.0. The number of H-pyrrole nitrogens is 1. The molecule has 1 amide bonds. The number of thiophene rings is 1. The summed E-state index contributed by atoms with van der Waals surface area (Å²) in [4.78, 5) is 31.1. The van der Waals surface area contributed by atoms with Crippen LogP contribution in [0, 0.1) is 26.7 Å². The molecule has 2 aromatic rings. The number of hydrogen-bond acceptors (Lipinski definition) is 5. The Balaban J connectivity index is 1.66. The van der Waals surface area contributed by atoms with Gasteiger partial charge in [-0.15, -0.1) is 11.3 Å². The summed E-state index contributed by atoms with van der Waals surface area (Å²) < 4.78 is 0. The summed E-state index contributed by atoms with van der Waals surface area (Å²) in [6.45, 7) is 14.4. The van der Waals surface area contributed by atoms with Gasteiger partial charge in [0.25, 0.3) is 11.5 Å². The number of carbonyl (C=O) groups is 1. The molecule has 0 spiro atoms. The van der Waals surface area contributed by atoms with Gasteiger partial charge in [-0.25, -0.2) is 0 Å². The quantitative estimate of drug-likeness (QED) is 0.653. The highest BCUT2D eigenvalue weighted by Gasteiger charge is 2.32. The molecule has 1 aliphatic heterocycles. The first-order chi connectivity index (χ1) is 14.5. The van der Waals surface area contributed by atoms with E-state index in [1.54, 1.807) is 0 Å². The number of hydrogen-bond donors (Lipinski definition) is 3. The fraction of sp³-hybridized carbons (Fsp3) is 0.583. The third-order valence-corrected chi connectivity index (χ3v) is 7.60. The molecule has 1 fully saturated rings. The molecule has 7 heteroatoms. The molecular weight excluding hydrogens is 410 g/mol. The molecule has 2 aromatic heterocycles. The average molecular weight is 446 g/mol. The van der Waals surface area contributed by atoms with Crippen LogP contribution in [0.2, 0.25) is 0 Å². The topological polar surface area (TPSA) is 85.4 Å². The Morgan fingerprint density at radius 3 is 2.52 bits per heavy atom. The van der Waals surface area contributed by atoms with Crippen LogP contribution in [0.1, 0.15) is 77.3 Å². The number of aromatic amines is 1. The van der Waals surface area contributed by atoms with Crippen molar-refractivity contribution in [3.8, 4) is 0 Å². The van der Waals surface area contributed by atoms with E-state index in [4.69, 9.17) is 0 Å². The smallest absolute Gasteiger partial charge is 0.253 e. The molecule has 0 aromatic carbocycles. The zero-order valence-electron chi connectivity index (χ0n) is 19.5. The van der Waals surface area contributed by atoms with E-state index in [-0.39, 0.29) is 29.5 Å². The van der Waals surface area contributed by atoms with Gasteiger partial charge in [0.15, 0.2) is 0 Å². The molecular formula is C24H35N3O3S. The Morgan fingerprint density at radius 1 is 1.29 bits per heavy atom. The number of aliphatic hydroxyl groups excluding tert-OH is 1. The molecule has 3 N–H and O–H groups in total. The summed E-state index contributed by atoms with van der Waals surface area (Å²) in [7, 11) is 0. The zero-order chi connectivity index (χ0) is 22.9. The predicted molar refractivity (Wildman–Crippen MR) is 126 cm³/mol. The SMILES string of the molecule is Cc1cc(C)c(CNC(=O)c2csc(C(O)C3CCN(C(C)(C)C)CC3)c2C)c(=O)[nH]1. The number of likely N-dealkylation sites (tertiary alicyclic amines) is 1. The molecule has 1 saturated heterocycles. The van der Waals surface area contributed by atoms with Crippen molar-refractivity contribution in [1.29, 1.82) is 0 Å². The van der Waals surface area contributed by atoms with Crippen LogP contribution in [0.3, 0.4) is 0 Å². The maximum Gasteiger partial charge on any atom is 0.253 e. The second-order valence-corrected chi connectivity index (χ2v) is 10.6. The Bertz CT molecular complexity index is 994. The summed E-state index contributed by atoms with van der Waals surface area (Å²) in [5.74, 6) is -0.00486. The highest BCUT2D eigenvalue weighted by atomic mass is 32.1. The number of aromatic nitrogens is 1. The third-order valence-electron chi connectivity index (χ3n) is 6.44. The van der Waals surface area contributed by atoms with Crippen molar-refractivity contribution >= 4 is 17.2 Å². The van der Waals surface area contributed by atoms with Crippen molar-refractivity contribution in [2.45, 2.75) is 72.6 Å². The van der Waals surface area contributed by atoms with E-state index in [2.05, 4.69) is 36.0 Å². The molecule has 3 heterocycles. The lowest BCUT2D eigenvalue weighted by molar-refractivity contribution is 0.0291. The Morgan fingerprint density at radius 2 is 1.94 bits per heavy atom. The van der Waals surface area contributed by atoms with Gasteiger partial charge in [-0.05, 0) is 90.6 Å². The lowest BCUT2D eigenvalue weighted by atomic mass is 9.87. The van der Waals surface area contributed by atoms with Gasteiger partial charge < -0.3 is 15.4 Å². The predicted octanol–water partition coefficient (Wildman–Crippen LogP) is 3.84. The number of rotatable bonds is 5. The van der Waals surface area contributed by atoms with E-state index < -0.39 is 6.10 Å². The van der Waals surface area contributed by atoms with Crippen LogP contribution in [0.25, 0.3) is 0 Å². The number of nitrogens with zero attached hydrogens (tertiary/aromatic N) is 1. The number of aryl methyl sites for hydroxylation is 2. The highest BCUT2D eigenvalue weighted by molar-refractivity contribution is 7.10. The van der Waals surface area contributed by atoms with Gasteiger partial charge in [-0.2, -0.15) is 0 Å². The minimum absolute atomic E-state index is 0.150. The number of amides is 1. The van der Waals surface area contributed by atoms with Gasteiger partial charge in [0.1, 0.15) is 0 Å². The number of nitrogens with one attached hydrogen (secondary N) is 2. The Labute approximate surface area is 188 Å². The molecule has 1 unspecified atom stereocenters. The highest BCUT2D eigenvalue weighted by Crippen LogP contribution is 2.37. The van der Waals surface area contributed by atoms with Crippen molar-refractivity contribution in [2.75, 3.05) is 13.1 Å². The monoisotopic (exact) mass is 445 g/mol. The van der Waals surface area contributed by atoms with Crippen molar-refractivity contribution < 1.29 is 9.90 Å². The zero-order valence-corrected chi connectivity index (χ0v) is 20.3. The lowest BCUT2D eigenvalue weighted by Gasteiger charge is -2.41. The third kappa shape index (κ3) is 5.27. The van der Waals surface area contributed by atoms with Gasteiger partial charge in [-0.3, -0.25) is 14.5 Å². The average Bonchev–Trinajstić information content (AvgIpc) is 3.07. The van der Waals surface area contributed by atoms with Crippen LogP contribution in [0.15, 0.2) is 16.2 Å². The summed E-state index contributed by atoms with van der Waals surface area (Å²) >= 11 is 1.45.